The second-order valence-corrected chi connectivity index (χ2v) is 6.36. The molecule has 0 saturated carbocycles. The molecule has 1 atom stereocenters. The molecule has 6 nitrogen and oxygen atoms in total. The van der Waals surface area contributed by atoms with Gasteiger partial charge in [0.2, 0.25) is 5.91 Å². The van der Waals surface area contributed by atoms with Crippen LogP contribution >= 0.6 is 0 Å². The monoisotopic (exact) mass is 344 g/mol. The minimum atomic E-state index is -0.189. The SMILES string of the molecule is CCC(CO)N(Cc1ccccn1)C(=O)CCc1c(C)nn(C)c1C. The fraction of sp³-hybridized carbons (Fsp3) is 0.526. The maximum Gasteiger partial charge on any atom is 0.223 e. The van der Waals surface area contributed by atoms with Crippen molar-refractivity contribution in [2.75, 3.05) is 6.61 Å². The number of aryl methyl sites for hydroxylation is 2. The number of nitrogens with zero attached hydrogens (tertiary/aromatic N) is 4. The largest absolute Gasteiger partial charge is 0.394 e. The second kappa shape index (κ2) is 8.76. The zero-order chi connectivity index (χ0) is 18.4. The summed E-state index contributed by atoms with van der Waals surface area (Å²) in [5.74, 6) is 0.0363. The quantitative estimate of drug-likeness (QED) is 0.797. The Hall–Kier alpha value is -2.21. The number of carbonyl (C=O) groups excluding carboxylic acids is 1. The highest BCUT2D eigenvalue weighted by Crippen LogP contribution is 2.17. The Labute approximate surface area is 149 Å². The van der Waals surface area contributed by atoms with Crippen LogP contribution in [0.2, 0.25) is 0 Å². The number of pyridine rings is 1. The molecule has 2 aromatic rings. The van der Waals surface area contributed by atoms with Gasteiger partial charge in [-0.3, -0.25) is 14.5 Å². The van der Waals surface area contributed by atoms with Crippen molar-refractivity contribution in [2.24, 2.45) is 7.05 Å². The average Bonchev–Trinajstić information content (AvgIpc) is 2.86. The van der Waals surface area contributed by atoms with E-state index in [0.717, 1.165) is 22.6 Å². The van der Waals surface area contributed by atoms with E-state index in [9.17, 15) is 9.90 Å². The molecule has 25 heavy (non-hydrogen) atoms. The Morgan fingerprint density at radius 1 is 1.36 bits per heavy atom. The van der Waals surface area contributed by atoms with Crippen LogP contribution in [0, 0.1) is 13.8 Å². The Morgan fingerprint density at radius 2 is 2.12 bits per heavy atom. The van der Waals surface area contributed by atoms with Crippen LogP contribution < -0.4 is 0 Å². The van der Waals surface area contributed by atoms with E-state index in [0.29, 0.717) is 25.8 Å². The van der Waals surface area contributed by atoms with Crippen molar-refractivity contribution in [2.45, 2.75) is 52.6 Å². The maximum absolute atomic E-state index is 12.9. The van der Waals surface area contributed by atoms with Crippen molar-refractivity contribution >= 4 is 5.91 Å². The molecule has 0 spiro atoms. The molecule has 0 saturated heterocycles. The van der Waals surface area contributed by atoms with Crippen LogP contribution in [0.4, 0.5) is 0 Å². The van der Waals surface area contributed by atoms with Crippen molar-refractivity contribution in [3.05, 3.63) is 47.0 Å². The standard InChI is InChI=1S/C19H28N4O2/c1-5-17(13-24)23(12-16-8-6-7-11-20-16)19(25)10-9-18-14(2)21-22(4)15(18)3/h6-8,11,17,24H,5,9-10,12-13H2,1-4H3. The topological polar surface area (TPSA) is 71.2 Å². The van der Waals surface area contributed by atoms with Crippen molar-refractivity contribution in [3.8, 4) is 0 Å². The van der Waals surface area contributed by atoms with E-state index in [-0.39, 0.29) is 18.6 Å². The highest BCUT2D eigenvalue weighted by molar-refractivity contribution is 5.77. The second-order valence-electron chi connectivity index (χ2n) is 6.36. The van der Waals surface area contributed by atoms with Gasteiger partial charge in [-0.05, 0) is 44.4 Å². The smallest absolute Gasteiger partial charge is 0.223 e. The number of amides is 1. The molecule has 1 unspecified atom stereocenters. The molecule has 0 aromatic carbocycles. The minimum absolute atomic E-state index is 0.0363. The Balaban J connectivity index is 2.11. The first-order valence-electron chi connectivity index (χ1n) is 8.77. The van der Waals surface area contributed by atoms with Gasteiger partial charge in [0.1, 0.15) is 0 Å². The van der Waals surface area contributed by atoms with Crippen LogP contribution in [0.15, 0.2) is 24.4 Å². The van der Waals surface area contributed by atoms with Gasteiger partial charge in [0.15, 0.2) is 0 Å². The summed E-state index contributed by atoms with van der Waals surface area (Å²) in [6.45, 7) is 6.36. The normalized spacial score (nSPS) is 12.2. The van der Waals surface area contributed by atoms with Gasteiger partial charge in [-0.15, -0.1) is 0 Å². The van der Waals surface area contributed by atoms with Gasteiger partial charge in [-0.2, -0.15) is 5.10 Å². The Bertz CT molecular complexity index is 693. The summed E-state index contributed by atoms with van der Waals surface area (Å²) in [6, 6.07) is 5.48. The molecule has 6 heteroatoms. The summed E-state index contributed by atoms with van der Waals surface area (Å²) in [4.78, 5) is 18.9. The number of hydrogen-bond donors (Lipinski definition) is 1. The molecular weight excluding hydrogens is 316 g/mol. The van der Waals surface area contributed by atoms with Gasteiger partial charge in [0, 0.05) is 25.4 Å². The lowest BCUT2D eigenvalue weighted by molar-refractivity contribution is -0.135. The summed E-state index contributed by atoms with van der Waals surface area (Å²) in [5, 5.41) is 14.1. The molecule has 0 aliphatic heterocycles. The molecule has 136 valence electrons. The summed E-state index contributed by atoms with van der Waals surface area (Å²) < 4.78 is 1.85. The zero-order valence-corrected chi connectivity index (χ0v) is 15.6. The molecule has 1 amide bonds. The molecule has 0 aliphatic rings. The van der Waals surface area contributed by atoms with Crippen LogP contribution in [0.3, 0.4) is 0 Å². The van der Waals surface area contributed by atoms with E-state index in [2.05, 4.69) is 10.1 Å². The summed E-state index contributed by atoms with van der Waals surface area (Å²) in [6.07, 6.45) is 3.49. The number of hydrogen-bond acceptors (Lipinski definition) is 4. The molecule has 2 aromatic heterocycles. The van der Waals surface area contributed by atoms with Gasteiger partial charge in [0.25, 0.3) is 0 Å². The van der Waals surface area contributed by atoms with Crippen LogP contribution in [0.25, 0.3) is 0 Å². The summed E-state index contributed by atoms with van der Waals surface area (Å²) in [7, 11) is 1.92. The lowest BCUT2D eigenvalue weighted by Crippen LogP contribution is -2.42. The highest BCUT2D eigenvalue weighted by atomic mass is 16.3. The maximum atomic E-state index is 12.9. The van der Waals surface area contributed by atoms with E-state index in [4.69, 9.17) is 0 Å². The molecule has 0 aliphatic carbocycles. The first kappa shape index (κ1) is 19.1. The number of aliphatic hydroxyl groups excluding tert-OH is 1. The van der Waals surface area contributed by atoms with Gasteiger partial charge in [0.05, 0.1) is 30.6 Å². The molecule has 2 rings (SSSR count). The first-order chi connectivity index (χ1) is 12.0. The van der Waals surface area contributed by atoms with Crippen LogP contribution in [0.1, 0.15) is 42.4 Å². The van der Waals surface area contributed by atoms with Gasteiger partial charge < -0.3 is 10.0 Å². The minimum Gasteiger partial charge on any atom is -0.394 e. The third kappa shape index (κ3) is 4.66. The van der Waals surface area contributed by atoms with Crippen molar-refractivity contribution in [1.82, 2.24) is 19.7 Å². The fourth-order valence-electron chi connectivity index (χ4n) is 3.09. The molecule has 2 heterocycles. The van der Waals surface area contributed by atoms with Crippen LogP contribution in [0.5, 0.6) is 0 Å². The van der Waals surface area contributed by atoms with E-state index >= 15 is 0 Å². The van der Waals surface area contributed by atoms with Gasteiger partial charge in [-0.1, -0.05) is 13.0 Å². The summed E-state index contributed by atoms with van der Waals surface area (Å²) in [5.41, 5.74) is 4.02. The van der Waals surface area contributed by atoms with Crippen LogP contribution in [-0.2, 0) is 24.8 Å². The predicted octanol–water partition coefficient (Wildman–Crippen LogP) is 2.16. The van der Waals surface area contributed by atoms with E-state index in [1.165, 1.54) is 0 Å². The zero-order valence-electron chi connectivity index (χ0n) is 15.6. The number of carbonyl (C=O) groups is 1. The molecule has 0 bridgehead atoms. The third-order valence-corrected chi connectivity index (χ3v) is 4.75. The molecule has 0 radical (unpaired) electrons. The van der Waals surface area contributed by atoms with E-state index in [1.807, 2.05) is 50.7 Å². The highest BCUT2D eigenvalue weighted by Gasteiger charge is 2.23. The first-order valence-corrected chi connectivity index (χ1v) is 8.77. The number of aromatic nitrogens is 3. The van der Waals surface area contributed by atoms with E-state index in [1.54, 1.807) is 11.1 Å². The third-order valence-electron chi connectivity index (χ3n) is 4.75. The lowest BCUT2D eigenvalue weighted by Gasteiger charge is -2.30. The number of aliphatic hydroxyl groups is 1. The van der Waals surface area contributed by atoms with Crippen LogP contribution in [-0.4, -0.2) is 43.3 Å². The molecule has 1 N–H and O–H groups in total. The molecular formula is C19H28N4O2. The Kier molecular flexibility index (Phi) is 6.70. The average molecular weight is 344 g/mol. The Morgan fingerprint density at radius 3 is 2.64 bits per heavy atom. The van der Waals surface area contributed by atoms with Gasteiger partial charge in [-0.25, -0.2) is 0 Å². The lowest BCUT2D eigenvalue weighted by atomic mass is 10.1. The van der Waals surface area contributed by atoms with Crippen molar-refractivity contribution in [3.63, 3.8) is 0 Å². The fourth-order valence-corrected chi connectivity index (χ4v) is 3.09. The summed E-state index contributed by atoms with van der Waals surface area (Å²) >= 11 is 0. The van der Waals surface area contributed by atoms with Crippen molar-refractivity contribution in [1.29, 1.82) is 0 Å². The molecule has 0 fully saturated rings. The van der Waals surface area contributed by atoms with E-state index < -0.39 is 0 Å². The van der Waals surface area contributed by atoms with Gasteiger partial charge >= 0.3 is 0 Å². The predicted molar refractivity (Wildman–Crippen MR) is 97.0 cm³/mol. The van der Waals surface area contributed by atoms with Crippen molar-refractivity contribution < 1.29 is 9.90 Å². The number of rotatable bonds is 8.